The Hall–Kier alpha value is -1.81. The summed E-state index contributed by atoms with van der Waals surface area (Å²) in [5, 5.41) is 5.89. The molecular weight excluding hydrogens is 214 g/mol. The Morgan fingerprint density at radius 3 is 2.65 bits per heavy atom. The molecule has 0 unspecified atom stereocenters. The molecule has 90 valence electrons. The molecule has 4 heteroatoms. The average molecular weight is 231 g/mol. The Morgan fingerprint density at radius 1 is 1.29 bits per heavy atom. The molecule has 0 spiro atoms. The Bertz CT molecular complexity index is 581. The van der Waals surface area contributed by atoms with E-state index in [0.29, 0.717) is 6.54 Å². The van der Waals surface area contributed by atoms with E-state index in [0.717, 1.165) is 22.5 Å². The molecule has 0 saturated carbocycles. The first-order valence-electron chi connectivity index (χ1n) is 5.66. The zero-order valence-corrected chi connectivity index (χ0v) is 10.4. The van der Waals surface area contributed by atoms with Crippen molar-refractivity contribution in [1.29, 1.82) is 0 Å². The van der Waals surface area contributed by atoms with Crippen LogP contribution in [0.5, 0.6) is 0 Å². The van der Waals surface area contributed by atoms with Crippen LogP contribution in [0.25, 0.3) is 5.69 Å². The second-order valence-electron chi connectivity index (χ2n) is 4.16. The number of para-hydroxylation sites is 1. The molecule has 2 aromatic rings. The Morgan fingerprint density at radius 2 is 2.00 bits per heavy atom. The minimum atomic E-state index is -0.0277. The number of rotatable bonds is 3. The summed E-state index contributed by atoms with van der Waals surface area (Å²) in [7, 11) is 1.84. The summed E-state index contributed by atoms with van der Waals surface area (Å²) in [6, 6.07) is 7.99. The van der Waals surface area contributed by atoms with Crippen LogP contribution in [0.4, 0.5) is 0 Å². The normalized spacial score (nSPS) is 10.8. The van der Waals surface area contributed by atoms with Crippen LogP contribution in [-0.2, 0) is 6.54 Å². The van der Waals surface area contributed by atoms with Crippen molar-refractivity contribution in [3.63, 3.8) is 0 Å². The van der Waals surface area contributed by atoms with E-state index in [2.05, 4.69) is 10.4 Å². The summed E-state index contributed by atoms with van der Waals surface area (Å²) >= 11 is 0. The van der Waals surface area contributed by atoms with E-state index in [-0.39, 0.29) is 5.56 Å². The van der Waals surface area contributed by atoms with Gasteiger partial charge in [0, 0.05) is 12.2 Å². The zero-order chi connectivity index (χ0) is 12.4. The number of aromatic nitrogens is 2. The highest BCUT2D eigenvalue weighted by molar-refractivity contribution is 5.41. The van der Waals surface area contributed by atoms with Crippen LogP contribution in [0, 0.1) is 13.8 Å². The Balaban J connectivity index is 2.58. The molecule has 0 amide bonds. The molecule has 0 bridgehead atoms. The fraction of sp³-hybridized carbons (Fsp3) is 0.308. The Labute approximate surface area is 100 Å². The van der Waals surface area contributed by atoms with Crippen LogP contribution in [-0.4, -0.2) is 16.8 Å². The van der Waals surface area contributed by atoms with Crippen molar-refractivity contribution in [3.8, 4) is 5.69 Å². The van der Waals surface area contributed by atoms with E-state index in [9.17, 15) is 4.79 Å². The highest BCUT2D eigenvalue weighted by Crippen LogP contribution is 2.15. The van der Waals surface area contributed by atoms with Crippen molar-refractivity contribution in [2.75, 3.05) is 7.05 Å². The molecule has 2 N–H and O–H groups in total. The van der Waals surface area contributed by atoms with Crippen LogP contribution in [0.1, 0.15) is 16.8 Å². The van der Waals surface area contributed by atoms with E-state index in [1.807, 2.05) is 49.8 Å². The van der Waals surface area contributed by atoms with Gasteiger partial charge in [-0.15, -0.1) is 0 Å². The number of hydrogen-bond donors (Lipinski definition) is 2. The van der Waals surface area contributed by atoms with Crippen molar-refractivity contribution in [2.45, 2.75) is 20.4 Å². The van der Waals surface area contributed by atoms with Gasteiger partial charge in [-0.1, -0.05) is 18.2 Å². The van der Waals surface area contributed by atoms with Gasteiger partial charge in [0.15, 0.2) is 0 Å². The molecule has 1 aromatic heterocycles. The SMILES string of the molecule is CNCc1c(C)n(-c2ccccc2C)[nH]c1=O. The van der Waals surface area contributed by atoms with Gasteiger partial charge in [0.1, 0.15) is 0 Å². The molecule has 0 aliphatic rings. The van der Waals surface area contributed by atoms with Crippen molar-refractivity contribution in [1.82, 2.24) is 15.1 Å². The number of aromatic amines is 1. The molecular formula is C13H17N3O. The van der Waals surface area contributed by atoms with Gasteiger partial charge in [-0.3, -0.25) is 14.6 Å². The van der Waals surface area contributed by atoms with Crippen LogP contribution in [0.2, 0.25) is 0 Å². The third-order valence-corrected chi connectivity index (χ3v) is 2.97. The maximum Gasteiger partial charge on any atom is 0.269 e. The van der Waals surface area contributed by atoms with Crippen LogP contribution >= 0.6 is 0 Å². The second kappa shape index (κ2) is 4.59. The maximum atomic E-state index is 11.8. The fourth-order valence-electron chi connectivity index (χ4n) is 1.99. The summed E-state index contributed by atoms with van der Waals surface area (Å²) in [6.45, 7) is 4.57. The van der Waals surface area contributed by atoms with E-state index in [1.54, 1.807) is 0 Å². The molecule has 0 saturated heterocycles. The molecule has 0 radical (unpaired) electrons. The first-order chi connectivity index (χ1) is 8.15. The average Bonchev–Trinajstić information content (AvgIpc) is 2.58. The number of hydrogen-bond acceptors (Lipinski definition) is 2. The molecule has 1 aromatic carbocycles. The molecule has 2 rings (SSSR count). The van der Waals surface area contributed by atoms with Crippen molar-refractivity contribution in [2.24, 2.45) is 0 Å². The first kappa shape index (κ1) is 11.7. The third kappa shape index (κ3) is 2.03. The highest BCUT2D eigenvalue weighted by Gasteiger charge is 2.12. The van der Waals surface area contributed by atoms with Gasteiger partial charge in [0.2, 0.25) is 0 Å². The molecule has 0 aliphatic heterocycles. The van der Waals surface area contributed by atoms with Gasteiger partial charge in [-0.05, 0) is 32.5 Å². The fourth-order valence-corrected chi connectivity index (χ4v) is 1.99. The van der Waals surface area contributed by atoms with E-state index in [4.69, 9.17) is 0 Å². The predicted molar refractivity (Wildman–Crippen MR) is 68.6 cm³/mol. The molecule has 0 atom stereocenters. The molecule has 1 heterocycles. The van der Waals surface area contributed by atoms with Gasteiger partial charge < -0.3 is 5.32 Å². The van der Waals surface area contributed by atoms with Gasteiger partial charge in [-0.2, -0.15) is 0 Å². The molecule has 4 nitrogen and oxygen atoms in total. The predicted octanol–water partition coefficient (Wildman–Crippen LogP) is 1.50. The van der Waals surface area contributed by atoms with E-state index < -0.39 is 0 Å². The van der Waals surface area contributed by atoms with Crippen LogP contribution in [0.3, 0.4) is 0 Å². The van der Waals surface area contributed by atoms with Gasteiger partial charge in [-0.25, -0.2) is 0 Å². The number of benzene rings is 1. The minimum Gasteiger partial charge on any atom is -0.315 e. The lowest BCUT2D eigenvalue weighted by atomic mass is 10.2. The first-order valence-corrected chi connectivity index (χ1v) is 5.66. The molecule has 0 aliphatic carbocycles. The number of nitrogens with one attached hydrogen (secondary N) is 2. The number of aryl methyl sites for hydroxylation is 1. The van der Waals surface area contributed by atoms with Gasteiger partial charge in [0.25, 0.3) is 5.56 Å². The zero-order valence-electron chi connectivity index (χ0n) is 10.4. The summed E-state index contributed by atoms with van der Waals surface area (Å²) < 4.78 is 1.85. The number of H-pyrrole nitrogens is 1. The lowest BCUT2D eigenvalue weighted by molar-refractivity contribution is 0.800. The van der Waals surface area contributed by atoms with Crippen molar-refractivity contribution < 1.29 is 0 Å². The smallest absolute Gasteiger partial charge is 0.269 e. The number of nitrogens with zero attached hydrogens (tertiary/aromatic N) is 1. The van der Waals surface area contributed by atoms with Crippen LogP contribution < -0.4 is 10.9 Å². The third-order valence-electron chi connectivity index (χ3n) is 2.97. The van der Waals surface area contributed by atoms with Crippen molar-refractivity contribution in [3.05, 3.63) is 51.4 Å². The van der Waals surface area contributed by atoms with E-state index >= 15 is 0 Å². The lowest BCUT2D eigenvalue weighted by Gasteiger charge is -2.09. The maximum absolute atomic E-state index is 11.8. The molecule has 17 heavy (non-hydrogen) atoms. The summed E-state index contributed by atoms with van der Waals surface area (Å²) in [4.78, 5) is 11.8. The monoisotopic (exact) mass is 231 g/mol. The van der Waals surface area contributed by atoms with Crippen molar-refractivity contribution >= 4 is 0 Å². The largest absolute Gasteiger partial charge is 0.315 e. The molecule has 0 fully saturated rings. The van der Waals surface area contributed by atoms with Crippen LogP contribution in [0.15, 0.2) is 29.1 Å². The summed E-state index contributed by atoms with van der Waals surface area (Å²) in [5.74, 6) is 0. The standard InChI is InChI=1S/C13H17N3O/c1-9-6-4-5-7-12(9)16-10(2)11(8-14-3)13(17)15-16/h4-7,14H,8H2,1-3H3,(H,15,17). The lowest BCUT2D eigenvalue weighted by Crippen LogP contribution is -2.14. The summed E-state index contributed by atoms with van der Waals surface area (Å²) in [6.07, 6.45) is 0. The quantitative estimate of drug-likeness (QED) is 0.841. The highest BCUT2D eigenvalue weighted by atomic mass is 16.1. The topological polar surface area (TPSA) is 49.8 Å². The second-order valence-corrected chi connectivity index (χ2v) is 4.16. The van der Waals surface area contributed by atoms with Gasteiger partial charge in [0.05, 0.1) is 11.3 Å². The Kier molecular flexibility index (Phi) is 3.15. The van der Waals surface area contributed by atoms with E-state index in [1.165, 1.54) is 0 Å². The summed E-state index contributed by atoms with van der Waals surface area (Å²) in [5.41, 5.74) is 3.87. The van der Waals surface area contributed by atoms with Gasteiger partial charge >= 0.3 is 0 Å². The minimum absolute atomic E-state index is 0.0277.